The maximum Gasteiger partial charge on any atom is 0.262 e. The smallest absolute Gasteiger partial charge is 0.262 e. The molecule has 27 heavy (non-hydrogen) atoms. The lowest BCUT2D eigenvalue weighted by Crippen LogP contribution is -2.28. The second kappa shape index (κ2) is 8.31. The number of para-hydroxylation sites is 1. The van der Waals surface area contributed by atoms with Crippen molar-refractivity contribution in [1.82, 2.24) is 4.90 Å². The summed E-state index contributed by atoms with van der Waals surface area (Å²) in [7, 11) is -3.96. The number of carbonyl (C=O) groups excluding carboxylic acids is 1. The van der Waals surface area contributed by atoms with Gasteiger partial charge < -0.3 is 4.90 Å². The van der Waals surface area contributed by atoms with Gasteiger partial charge in [-0.1, -0.05) is 29.3 Å². The van der Waals surface area contributed by atoms with Gasteiger partial charge in [-0.25, -0.2) is 8.42 Å². The zero-order valence-corrected chi connectivity index (χ0v) is 17.7. The Balaban J connectivity index is 1.98. The molecule has 144 valence electrons. The summed E-state index contributed by atoms with van der Waals surface area (Å²) in [5.74, 6) is -0.148. The van der Waals surface area contributed by atoms with Crippen LogP contribution in [0.15, 0.2) is 46.2 Å². The van der Waals surface area contributed by atoms with Crippen LogP contribution in [0.2, 0.25) is 10.0 Å². The molecular formula is C18H18Cl2N2O3S2. The van der Waals surface area contributed by atoms with E-state index in [-0.39, 0.29) is 26.5 Å². The van der Waals surface area contributed by atoms with Crippen LogP contribution in [0.5, 0.6) is 0 Å². The lowest BCUT2D eigenvalue weighted by Gasteiger charge is -2.18. The highest BCUT2D eigenvalue weighted by molar-refractivity contribution is 7.98. The van der Waals surface area contributed by atoms with Gasteiger partial charge in [-0.15, -0.1) is 11.8 Å². The first-order valence-corrected chi connectivity index (χ1v) is 11.7. The molecule has 2 aromatic carbocycles. The highest BCUT2D eigenvalue weighted by atomic mass is 35.5. The topological polar surface area (TPSA) is 66.5 Å². The van der Waals surface area contributed by atoms with Crippen LogP contribution in [-0.2, 0) is 10.0 Å². The molecule has 0 aromatic heterocycles. The van der Waals surface area contributed by atoms with Crippen LogP contribution in [0.4, 0.5) is 5.69 Å². The first-order chi connectivity index (χ1) is 12.8. The summed E-state index contributed by atoms with van der Waals surface area (Å²) in [6.45, 7) is 1.38. The molecular weight excluding hydrogens is 427 g/mol. The van der Waals surface area contributed by atoms with E-state index in [2.05, 4.69) is 4.72 Å². The Bertz CT molecular complexity index is 954. The van der Waals surface area contributed by atoms with E-state index in [1.54, 1.807) is 29.2 Å². The fourth-order valence-electron chi connectivity index (χ4n) is 2.90. The molecule has 1 aliphatic heterocycles. The fourth-order valence-corrected chi connectivity index (χ4v) is 5.20. The van der Waals surface area contributed by atoms with E-state index < -0.39 is 10.0 Å². The van der Waals surface area contributed by atoms with Gasteiger partial charge in [0.2, 0.25) is 0 Å². The third-order valence-corrected chi connectivity index (χ3v) is 7.08. The van der Waals surface area contributed by atoms with Gasteiger partial charge in [0, 0.05) is 18.0 Å². The fraction of sp³-hybridized carbons (Fsp3) is 0.278. The van der Waals surface area contributed by atoms with Gasteiger partial charge in [-0.3, -0.25) is 9.52 Å². The molecule has 1 saturated heterocycles. The number of halogens is 2. The van der Waals surface area contributed by atoms with Crippen molar-refractivity contribution in [2.75, 3.05) is 24.1 Å². The van der Waals surface area contributed by atoms with Gasteiger partial charge in [0.1, 0.15) is 0 Å². The minimum Gasteiger partial charge on any atom is -0.339 e. The molecule has 2 aromatic rings. The standard InChI is InChI=1S/C18H18Cl2N2O3S2/c1-26-16-8-7-12(11-13(16)18(23)22-9-2-3-10-22)27(24,25)21-17-14(19)5-4-6-15(17)20/h4-8,11,21H,2-3,9-10H2,1H3. The Morgan fingerprint density at radius 3 is 2.33 bits per heavy atom. The molecule has 9 heteroatoms. The third kappa shape index (κ3) is 4.37. The number of amides is 1. The van der Waals surface area contributed by atoms with Crippen LogP contribution in [0.25, 0.3) is 0 Å². The number of hydrogen-bond donors (Lipinski definition) is 1. The maximum atomic E-state index is 12.8. The summed E-state index contributed by atoms with van der Waals surface area (Å²) in [5, 5.41) is 0.389. The summed E-state index contributed by atoms with van der Waals surface area (Å²) >= 11 is 13.5. The van der Waals surface area contributed by atoms with Gasteiger partial charge in [0.25, 0.3) is 15.9 Å². The van der Waals surface area contributed by atoms with Crippen molar-refractivity contribution < 1.29 is 13.2 Å². The van der Waals surface area contributed by atoms with Crippen molar-refractivity contribution in [1.29, 1.82) is 0 Å². The number of rotatable bonds is 5. The quantitative estimate of drug-likeness (QED) is 0.675. The number of sulfonamides is 1. The molecule has 1 fully saturated rings. The van der Waals surface area contributed by atoms with E-state index in [0.29, 0.717) is 18.7 Å². The zero-order chi connectivity index (χ0) is 19.6. The minimum absolute atomic E-state index is 0.0150. The number of hydrogen-bond acceptors (Lipinski definition) is 4. The van der Waals surface area contributed by atoms with Crippen LogP contribution < -0.4 is 4.72 Å². The van der Waals surface area contributed by atoms with Crippen molar-refractivity contribution in [3.8, 4) is 0 Å². The Morgan fingerprint density at radius 1 is 1.11 bits per heavy atom. The molecule has 1 amide bonds. The molecule has 1 N–H and O–H groups in total. The maximum absolute atomic E-state index is 12.8. The first-order valence-electron chi connectivity index (χ1n) is 8.27. The highest BCUT2D eigenvalue weighted by Crippen LogP contribution is 2.33. The van der Waals surface area contributed by atoms with E-state index in [1.807, 2.05) is 6.26 Å². The van der Waals surface area contributed by atoms with E-state index in [4.69, 9.17) is 23.2 Å². The Hall–Kier alpha value is -1.41. The molecule has 0 atom stereocenters. The van der Waals surface area contributed by atoms with Crippen LogP contribution in [-0.4, -0.2) is 38.6 Å². The molecule has 0 unspecified atom stereocenters. The highest BCUT2D eigenvalue weighted by Gasteiger charge is 2.25. The number of thioether (sulfide) groups is 1. The van der Waals surface area contributed by atoms with Crippen LogP contribution in [0.3, 0.4) is 0 Å². The number of carbonyl (C=O) groups is 1. The third-order valence-electron chi connectivity index (χ3n) is 4.30. The normalized spacial score (nSPS) is 14.4. The number of anilines is 1. The van der Waals surface area contributed by atoms with Gasteiger partial charge in [0.05, 0.1) is 26.2 Å². The lowest BCUT2D eigenvalue weighted by molar-refractivity contribution is 0.0789. The first kappa shape index (κ1) is 20.3. The van der Waals surface area contributed by atoms with E-state index >= 15 is 0 Å². The number of likely N-dealkylation sites (tertiary alicyclic amines) is 1. The van der Waals surface area contributed by atoms with Crippen molar-refractivity contribution in [3.05, 3.63) is 52.0 Å². The van der Waals surface area contributed by atoms with Crippen LogP contribution in [0, 0.1) is 0 Å². The van der Waals surface area contributed by atoms with Crippen molar-refractivity contribution in [2.45, 2.75) is 22.6 Å². The van der Waals surface area contributed by atoms with Crippen LogP contribution >= 0.6 is 35.0 Å². The second-order valence-electron chi connectivity index (χ2n) is 6.06. The predicted molar refractivity (Wildman–Crippen MR) is 111 cm³/mol. The van der Waals surface area contributed by atoms with E-state index in [0.717, 1.165) is 17.7 Å². The number of nitrogens with one attached hydrogen (secondary N) is 1. The van der Waals surface area contributed by atoms with Gasteiger partial charge in [-0.2, -0.15) is 0 Å². The molecule has 0 bridgehead atoms. The van der Waals surface area contributed by atoms with Crippen molar-refractivity contribution in [2.24, 2.45) is 0 Å². The molecule has 1 aliphatic rings. The minimum atomic E-state index is -3.96. The lowest BCUT2D eigenvalue weighted by atomic mass is 10.2. The molecule has 0 saturated carbocycles. The summed E-state index contributed by atoms with van der Waals surface area (Å²) in [6, 6.07) is 9.26. The summed E-state index contributed by atoms with van der Waals surface area (Å²) < 4.78 is 28.1. The summed E-state index contributed by atoms with van der Waals surface area (Å²) in [6.07, 6.45) is 3.78. The average molecular weight is 445 g/mol. The molecule has 1 heterocycles. The van der Waals surface area contributed by atoms with E-state index in [9.17, 15) is 13.2 Å². The number of benzene rings is 2. The van der Waals surface area contributed by atoms with Gasteiger partial charge in [-0.05, 0) is 49.4 Å². The zero-order valence-electron chi connectivity index (χ0n) is 14.5. The molecule has 0 radical (unpaired) electrons. The average Bonchev–Trinajstić information content (AvgIpc) is 3.18. The molecule has 0 aliphatic carbocycles. The van der Waals surface area contributed by atoms with Crippen molar-refractivity contribution in [3.63, 3.8) is 0 Å². The SMILES string of the molecule is CSc1ccc(S(=O)(=O)Nc2c(Cl)cccc2Cl)cc1C(=O)N1CCCC1. The van der Waals surface area contributed by atoms with Crippen LogP contribution in [0.1, 0.15) is 23.2 Å². The Morgan fingerprint density at radius 2 is 1.74 bits per heavy atom. The van der Waals surface area contributed by atoms with E-state index in [1.165, 1.54) is 23.9 Å². The predicted octanol–water partition coefficient (Wildman–Crippen LogP) is 4.75. The Labute approximate surface area is 173 Å². The molecule has 3 rings (SSSR count). The van der Waals surface area contributed by atoms with Gasteiger partial charge >= 0.3 is 0 Å². The molecule has 5 nitrogen and oxygen atoms in total. The Kier molecular flexibility index (Phi) is 6.25. The summed E-state index contributed by atoms with van der Waals surface area (Å²) in [5.41, 5.74) is 0.500. The van der Waals surface area contributed by atoms with Crippen molar-refractivity contribution >= 4 is 56.6 Å². The molecule has 0 spiro atoms. The van der Waals surface area contributed by atoms with Gasteiger partial charge in [0.15, 0.2) is 0 Å². The monoisotopic (exact) mass is 444 g/mol. The second-order valence-corrected chi connectivity index (χ2v) is 9.41. The summed E-state index contributed by atoms with van der Waals surface area (Å²) in [4.78, 5) is 15.3. The number of nitrogens with zero attached hydrogens (tertiary/aromatic N) is 1. The largest absolute Gasteiger partial charge is 0.339 e.